The summed E-state index contributed by atoms with van der Waals surface area (Å²) in [6, 6.07) is -0.406. The summed E-state index contributed by atoms with van der Waals surface area (Å²) in [6.45, 7) is 7.84. The van der Waals surface area contributed by atoms with Gasteiger partial charge in [-0.1, -0.05) is 13.8 Å². The third-order valence-corrected chi connectivity index (χ3v) is 3.31. The van der Waals surface area contributed by atoms with Crippen LogP contribution in [0.1, 0.15) is 26.7 Å². The summed E-state index contributed by atoms with van der Waals surface area (Å²) in [7, 11) is 1.92. The molecule has 1 rings (SSSR count). The standard InChI is InChI=1S/C14H28N4O2/c1-11(2)7-16-14(20)17-13(19)10-18(3)9-12-5-4-6-15-8-12/h11-12,15H,4-10H2,1-3H3,(H2,16,17,19,20). The Hall–Kier alpha value is -1.14. The summed E-state index contributed by atoms with van der Waals surface area (Å²) in [6.07, 6.45) is 2.40. The fraction of sp³-hybridized carbons (Fsp3) is 0.857. The van der Waals surface area contributed by atoms with Crippen molar-refractivity contribution in [1.82, 2.24) is 20.9 Å². The third kappa shape index (κ3) is 7.45. The highest BCUT2D eigenvalue weighted by Gasteiger charge is 2.17. The topological polar surface area (TPSA) is 73.5 Å². The summed E-state index contributed by atoms with van der Waals surface area (Å²) >= 11 is 0. The molecule has 0 aliphatic carbocycles. The molecule has 1 aliphatic rings. The van der Waals surface area contributed by atoms with E-state index in [-0.39, 0.29) is 12.5 Å². The van der Waals surface area contributed by atoms with Crippen LogP contribution in [-0.2, 0) is 4.79 Å². The van der Waals surface area contributed by atoms with Crippen molar-refractivity contribution >= 4 is 11.9 Å². The van der Waals surface area contributed by atoms with Gasteiger partial charge in [0.05, 0.1) is 6.54 Å². The molecule has 1 atom stereocenters. The van der Waals surface area contributed by atoms with Crippen molar-refractivity contribution < 1.29 is 9.59 Å². The summed E-state index contributed by atoms with van der Waals surface area (Å²) in [5.74, 6) is 0.714. The molecule has 0 spiro atoms. The van der Waals surface area contributed by atoms with Crippen LogP contribution in [0.25, 0.3) is 0 Å². The zero-order chi connectivity index (χ0) is 15.0. The van der Waals surface area contributed by atoms with Crippen molar-refractivity contribution in [2.45, 2.75) is 26.7 Å². The van der Waals surface area contributed by atoms with Crippen LogP contribution in [0.5, 0.6) is 0 Å². The lowest BCUT2D eigenvalue weighted by molar-refractivity contribution is -0.121. The zero-order valence-corrected chi connectivity index (χ0v) is 12.9. The fourth-order valence-corrected chi connectivity index (χ4v) is 2.34. The van der Waals surface area contributed by atoms with E-state index < -0.39 is 6.03 Å². The van der Waals surface area contributed by atoms with E-state index in [1.165, 1.54) is 12.8 Å². The van der Waals surface area contributed by atoms with E-state index >= 15 is 0 Å². The molecule has 1 saturated heterocycles. The summed E-state index contributed by atoms with van der Waals surface area (Å²) in [4.78, 5) is 25.2. The summed E-state index contributed by atoms with van der Waals surface area (Å²) in [5.41, 5.74) is 0. The highest BCUT2D eigenvalue weighted by molar-refractivity contribution is 5.95. The van der Waals surface area contributed by atoms with Crippen molar-refractivity contribution in [3.8, 4) is 0 Å². The molecule has 3 N–H and O–H groups in total. The molecule has 1 unspecified atom stereocenters. The van der Waals surface area contributed by atoms with E-state index in [0.717, 1.165) is 19.6 Å². The van der Waals surface area contributed by atoms with Gasteiger partial charge in [-0.2, -0.15) is 0 Å². The second kappa shape index (κ2) is 8.92. The number of hydrogen-bond acceptors (Lipinski definition) is 4. The monoisotopic (exact) mass is 284 g/mol. The Bertz CT molecular complexity index is 314. The Labute approximate surface area is 121 Å². The van der Waals surface area contributed by atoms with E-state index in [9.17, 15) is 9.59 Å². The van der Waals surface area contributed by atoms with Gasteiger partial charge in [0, 0.05) is 13.1 Å². The first-order chi connectivity index (χ1) is 9.47. The fourth-order valence-electron chi connectivity index (χ4n) is 2.34. The maximum atomic E-state index is 11.7. The second-order valence-corrected chi connectivity index (χ2v) is 6.06. The van der Waals surface area contributed by atoms with Crippen LogP contribution in [0.2, 0.25) is 0 Å². The number of urea groups is 1. The van der Waals surface area contributed by atoms with Crippen LogP contribution in [0.15, 0.2) is 0 Å². The molecular weight excluding hydrogens is 256 g/mol. The van der Waals surface area contributed by atoms with Crippen molar-refractivity contribution in [3.63, 3.8) is 0 Å². The minimum Gasteiger partial charge on any atom is -0.338 e. The molecular formula is C14H28N4O2. The average Bonchev–Trinajstić information content (AvgIpc) is 2.37. The number of nitrogens with one attached hydrogen (secondary N) is 3. The van der Waals surface area contributed by atoms with Crippen molar-refractivity contribution in [2.75, 3.05) is 39.8 Å². The Morgan fingerprint density at radius 2 is 2.15 bits per heavy atom. The van der Waals surface area contributed by atoms with Crippen LogP contribution in [0.4, 0.5) is 4.79 Å². The summed E-state index contributed by atoms with van der Waals surface area (Å²) < 4.78 is 0. The van der Waals surface area contributed by atoms with Crippen LogP contribution >= 0.6 is 0 Å². The molecule has 0 radical (unpaired) electrons. The number of imide groups is 1. The largest absolute Gasteiger partial charge is 0.338 e. The first kappa shape index (κ1) is 16.9. The molecule has 3 amide bonds. The van der Waals surface area contributed by atoms with E-state index in [2.05, 4.69) is 16.0 Å². The predicted molar refractivity (Wildman–Crippen MR) is 79.5 cm³/mol. The lowest BCUT2D eigenvalue weighted by Gasteiger charge is -2.27. The van der Waals surface area contributed by atoms with Gasteiger partial charge in [0.15, 0.2) is 0 Å². The maximum Gasteiger partial charge on any atom is 0.321 e. The van der Waals surface area contributed by atoms with Crippen molar-refractivity contribution in [2.24, 2.45) is 11.8 Å². The Morgan fingerprint density at radius 3 is 2.75 bits per heavy atom. The van der Waals surface area contributed by atoms with Crippen LogP contribution in [-0.4, -0.2) is 56.6 Å². The van der Waals surface area contributed by atoms with E-state index in [0.29, 0.717) is 18.4 Å². The lowest BCUT2D eigenvalue weighted by Crippen LogP contribution is -2.46. The van der Waals surface area contributed by atoms with Crippen LogP contribution in [0.3, 0.4) is 0 Å². The SMILES string of the molecule is CC(C)CNC(=O)NC(=O)CN(C)CC1CCCNC1. The molecule has 6 heteroatoms. The molecule has 0 bridgehead atoms. The lowest BCUT2D eigenvalue weighted by atomic mass is 9.99. The number of nitrogens with zero attached hydrogens (tertiary/aromatic N) is 1. The van der Waals surface area contributed by atoms with Gasteiger partial charge < -0.3 is 10.6 Å². The molecule has 20 heavy (non-hydrogen) atoms. The molecule has 1 fully saturated rings. The number of rotatable bonds is 6. The first-order valence-corrected chi connectivity index (χ1v) is 7.44. The minimum absolute atomic E-state index is 0.252. The molecule has 0 saturated carbocycles. The smallest absolute Gasteiger partial charge is 0.321 e. The maximum absolute atomic E-state index is 11.7. The number of piperidine rings is 1. The van der Waals surface area contributed by atoms with Gasteiger partial charge in [0.1, 0.15) is 0 Å². The van der Waals surface area contributed by atoms with Gasteiger partial charge in [-0.3, -0.25) is 15.0 Å². The Balaban J connectivity index is 2.18. The molecule has 0 aromatic heterocycles. The Kier molecular flexibility index (Phi) is 7.54. The van der Waals surface area contributed by atoms with Gasteiger partial charge >= 0.3 is 6.03 Å². The molecule has 6 nitrogen and oxygen atoms in total. The predicted octanol–water partition coefficient (Wildman–Crippen LogP) is 0.400. The van der Waals surface area contributed by atoms with Crippen molar-refractivity contribution in [3.05, 3.63) is 0 Å². The summed E-state index contributed by atoms with van der Waals surface area (Å²) in [5, 5.41) is 8.39. The molecule has 1 heterocycles. The number of amides is 3. The molecule has 0 aromatic carbocycles. The first-order valence-electron chi connectivity index (χ1n) is 7.44. The van der Waals surface area contributed by atoms with Gasteiger partial charge in [-0.05, 0) is 44.8 Å². The highest BCUT2D eigenvalue weighted by atomic mass is 16.2. The number of hydrogen-bond donors (Lipinski definition) is 3. The van der Waals surface area contributed by atoms with Crippen molar-refractivity contribution in [1.29, 1.82) is 0 Å². The molecule has 116 valence electrons. The van der Waals surface area contributed by atoms with Crippen LogP contribution < -0.4 is 16.0 Å². The number of likely N-dealkylation sites (N-methyl/N-ethyl adjacent to an activating group) is 1. The van der Waals surface area contributed by atoms with Gasteiger partial charge in [-0.15, -0.1) is 0 Å². The van der Waals surface area contributed by atoms with E-state index in [1.807, 2.05) is 25.8 Å². The molecule has 1 aliphatic heterocycles. The second-order valence-electron chi connectivity index (χ2n) is 6.06. The Morgan fingerprint density at radius 1 is 1.40 bits per heavy atom. The number of carbonyl (C=O) groups is 2. The quantitative estimate of drug-likeness (QED) is 0.660. The van der Waals surface area contributed by atoms with E-state index in [1.54, 1.807) is 0 Å². The van der Waals surface area contributed by atoms with Crippen LogP contribution in [0, 0.1) is 11.8 Å². The van der Waals surface area contributed by atoms with E-state index in [4.69, 9.17) is 0 Å². The van der Waals surface area contributed by atoms with Gasteiger partial charge in [0.2, 0.25) is 5.91 Å². The highest BCUT2D eigenvalue weighted by Crippen LogP contribution is 2.10. The third-order valence-electron chi connectivity index (χ3n) is 3.31. The van der Waals surface area contributed by atoms with Gasteiger partial charge in [0.25, 0.3) is 0 Å². The zero-order valence-electron chi connectivity index (χ0n) is 12.9. The van der Waals surface area contributed by atoms with Gasteiger partial charge in [-0.25, -0.2) is 4.79 Å². The minimum atomic E-state index is -0.406. The average molecular weight is 284 g/mol. The number of carbonyl (C=O) groups excluding carboxylic acids is 2. The molecule has 0 aromatic rings. The normalized spacial score (nSPS) is 19.1.